The Morgan fingerprint density at radius 3 is 2.71 bits per heavy atom. The van der Waals surface area contributed by atoms with Gasteiger partial charge in [-0.05, 0) is 24.5 Å². The number of rotatable bonds is 4. The Hall–Kier alpha value is -3.70. The first-order valence-electron chi connectivity index (χ1n) is 9.60. The lowest BCUT2D eigenvalue weighted by Gasteiger charge is -2.28. The number of halogens is 1. The summed E-state index contributed by atoms with van der Waals surface area (Å²) in [7, 11) is 1.46. The molecule has 1 saturated heterocycles. The van der Waals surface area contributed by atoms with E-state index in [9.17, 15) is 14.9 Å². The van der Waals surface area contributed by atoms with Crippen LogP contribution in [-0.2, 0) is 4.79 Å². The lowest BCUT2D eigenvalue weighted by atomic mass is 9.94. The quantitative estimate of drug-likeness (QED) is 0.291. The molecule has 3 aromatic heterocycles. The maximum Gasteiger partial charge on any atom is 0.295 e. The van der Waals surface area contributed by atoms with Crippen LogP contribution in [0, 0.1) is 11.3 Å². The van der Waals surface area contributed by atoms with E-state index in [1.807, 2.05) is 6.07 Å². The first-order valence-corrected chi connectivity index (χ1v) is 9.98. The van der Waals surface area contributed by atoms with Crippen molar-refractivity contribution in [1.82, 2.24) is 19.9 Å². The Morgan fingerprint density at radius 1 is 1.29 bits per heavy atom. The predicted octanol–water partition coefficient (Wildman–Crippen LogP) is 3.40. The Balaban J connectivity index is 1.55. The van der Waals surface area contributed by atoms with Crippen molar-refractivity contribution >= 4 is 39.8 Å². The summed E-state index contributed by atoms with van der Waals surface area (Å²) in [4.78, 5) is 38.4. The van der Waals surface area contributed by atoms with Crippen LogP contribution in [-0.4, -0.2) is 51.7 Å². The van der Waals surface area contributed by atoms with Crippen LogP contribution in [0.3, 0.4) is 0 Å². The number of piperidine rings is 1. The van der Waals surface area contributed by atoms with Crippen molar-refractivity contribution in [2.24, 2.45) is 0 Å². The van der Waals surface area contributed by atoms with E-state index in [0.29, 0.717) is 48.2 Å². The number of H-pyrrole nitrogens is 1. The Morgan fingerprint density at radius 2 is 2.06 bits per heavy atom. The van der Waals surface area contributed by atoms with Crippen LogP contribution in [0.4, 0.5) is 0 Å². The second-order valence-electron chi connectivity index (χ2n) is 7.02. The van der Waals surface area contributed by atoms with Gasteiger partial charge < -0.3 is 14.6 Å². The van der Waals surface area contributed by atoms with Gasteiger partial charge in [-0.25, -0.2) is 4.98 Å². The number of aromatic amines is 1. The van der Waals surface area contributed by atoms with Gasteiger partial charge in [-0.2, -0.15) is 5.26 Å². The zero-order chi connectivity index (χ0) is 22.0. The monoisotopic (exact) mass is 435 g/mol. The highest BCUT2D eigenvalue weighted by atomic mass is 35.5. The highest BCUT2D eigenvalue weighted by molar-refractivity contribution is 6.45. The fourth-order valence-electron chi connectivity index (χ4n) is 3.77. The van der Waals surface area contributed by atoms with Crippen LogP contribution in [0.25, 0.3) is 16.5 Å². The van der Waals surface area contributed by atoms with Crippen LogP contribution in [0.5, 0.6) is 5.75 Å². The minimum atomic E-state index is -0.646. The van der Waals surface area contributed by atoms with Crippen molar-refractivity contribution in [3.8, 4) is 11.8 Å². The van der Waals surface area contributed by atoms with Gasteiger partial charge in [0.05, 0.1) is 41.4 Å². The van der Waals surface area contributed by atoms with Crippen molar-refractivity contribution in [1.29, 1.82) is 5.26 Å². The van der Waals surface area contributed by atoms with E-state index in [2.05, 4.69) is 21.0 Å². The fourth-order valence-corrected chi connectivity index (χ4v) is 3.96. The first kappa shape index (κ1) is 20.6. The van der Waals surface area contributed by atoms with Crippen LogP contribution in [0.1, 0.15) is 28.8 Å². The topological polar surface area (TPSA) is 112 Å². The predicted molar refractivity (Wildman–Crippen MR) is 115 cm³/mol. The molecule has 0 atom stereocenters. The molecule has 0 radical (unpaired) electrons. The Labute approximate surface area is 183 Å². The molecule has 1 fully saturated rings. The number of nitriles is 1. The number of carbonyl (C=O) groups excluding carboxylic acids is 2. The zero-order valence-corrected chi connectivity index (χ0v) is 17.4. The molecule has 4 rings (SSSR count). The maximum absolute atomic E-state index is 13.0. The molecule has 9 heteroatoms. The second-order valence-corrected chi connectivity index (χ2v) is 7.38. The molecule has 156 valence electrons. The van der Waals surface area contributed by atoms with E-state index in [-0.39, 0.29) is 10.7 Å². The molecule has 31 heavy (non-hydrogen) atoms. The summed E-state index contributed by atoms with van der Waals surface area (Å²) in [6.07, 6.45) is 7.20. The summed E-state index contributed by atoms with van der Waals surface area (Å²) in [5.41, 5.74) is 2.92. The number of ether oxygens (including phenoxy) is 1. The van der Waals surface area contributed by atoms with Crippen molar-refractivity contribution in [2.75, 3.05) is 20.2 Å². The lowest BCUT2D eigenvalue weighted by Crippen LogP contribution is -2.40. The number of Topliss-reactive ketones (excluding diaryl/α,β-unsaturated/α-hetero) is 1. The average molecular weight is 436 g/mol. The van der Waals surface area contributed by atoms with E-state index in [1.54, 1.807) is 18.5 Å². The lowest BCUT2D eigenvalue weighted by molar-refractivity contribution is -0.126. The number of pyridine rings is 2. The summed E-state index contributed by atoms with van der Waals surface area (Å²) in [6, 6.07) is 5.86. The van der Waals surface area contributed by atoms with E-state index in [1.165, 1.54) is 24.4 Å². The van der Waals surface area contributed by atoms with Gasteiger partial charge in [-0.15, -0.1) is 0 Å². The molecule has 0 bridgehead atoms. The molecule has 0 unspecified atom stereocenters. The molecule has 1 amide bonds. The van der Waals surface area contributed by atoms with Gasteiger partial charge in [0, 0.05) is 37.2 Å². The number of hydrogen-bond donors (Lipinski definition) is 1. The van der Waals surface area contributed by atoms with E-state index in [0.717, 1.165) is 11.1 Å². The molecule has 1 N–H and O–H groups in total. The second kappa shape index (κ2) is 8.58. The zero-order valence-electron chi connectivity index (χ0n) is 16.7. The largest absolute Gasteiger partial charge is 0.494 e. The van der Waals surface area contributed by atoms with Crippen LogP contribution in [0.15, 0.2) is 42.5 Å². The normalized spacial score (nSPS) is 13.7. The summed E-state index contributed by atoms with van der Waals surface area (Å²) in [6.45, 7) is 0.709. The van der Waals surface area contributed by atoms with E-state index < -0.39 is 11.7 Å². The van der Waals surface area contributed by atoms with Gasteiger partial charge in [0.2, 0.25) is 0 Å². The summed E-state index contributed by atoms with van der Waals surface area (Å²) in [5, 5.41) is 10.2. The van der Waals surface area contributed by atoms with Crippen molar-refractivity contribution < 1.29 is 14.3 Å². The standard InChI is InChI=1S/C22H18ClN5O3/c1-31-17-12-27-21(23)19-18(17)16(11-26-19)20(29)22(30)28-7-4-13(5-8-28)15(9-24)14-3-2-6-25-10-14/h2-3,6,10-12,26H,4-5,7-8H2,1H3. The first-order chi connectivity index (χ1) is 15.0. The SMILES string of the molecule is COc1cnc(Cl)c2[nH]cc(C(=O)C(=O)N3CCC(=C(C#N)c4cccnc4)CC3)c12. The molecule has 4 heterocycles. The van der Waals surface area contributed by atoms with Gasteiger partial charge in [0.25, 0.3) is 11.7 Å². The number of nitrogens with one attached hydrogen (secondary N) is 1. The highest BCUT2D eigenvalue weighted by Crippen LogP contribution is 2.33. The van der Waals surface area contributed by atoms with E-state index >= 15 is 0 Å². The van der Waals surface area contributed by atoms with Crippen LogP contribution in [0.2, 0.25) is 5.15 Å². The number of aromatic nitrogens is 3. The number of carbonyl (C=O) groups is 2. The number of methoxy groups -OCH3 is 1. The minimum absolute atomic E-state index is 0.189. The maximum atomic E-state index is 13.0. The highest BCUT2D eigenvalue weighted by Gasteiger charge is 2.30. The molecule has 0 aliphatic carbocycles. The number of fused-ring (bicyclic) bond motifs is 1. The Bertz CT molecular complexity index is 1230. The summed E-state index contributed by atoms with van der Waals surface area (Å²) in [5.74, 6) is -0.891. The molecule has 1 aliphatic rings. The third kappa shape index (κ3) is 3.76. The Kier molecular flexibility index (Phi) is 5.69. The number of likely N-dealkylation sites (tertiary alicyclic amines) is 1. The van der Waals surface area contributed by atoms with Crippen molar-refractivity contribution in [2.45, 2.75) is 12.8 Å². The number of allylic oxidation sites excluding steroid dienone is 1. The van der Waals surface area contributed by atoms with Gasteiger partial charge in [-0.3, -0.25) is 14.6 Å². The van der Waals surface area contributed by atoms with Gasteiger partial charge in [-0.1, -0.05) is 17.7 Å². The molecule has 1 aliphatic heterocycles. The number of ketones is 1. The third-order valence-corrected chi connectivity index (χ3v) is 5.64. The van der Waals surface area contributed by atoms with Crippen molar-refractivity contribution in [3.05, 3.63) is 58.8 Å². The van der Waals surface area contributed by atoms with Crippen LogP contribution >= 0.6 is 11.6 Å². The molecule has 0 aromatic carbocycles. The van der Waals surface area contributed by atoms with Crippen molar-refractivity contribution in [3.63, 3.8) is 0 Å². The molecular formula is C22H18ClN5O3. The van der Waals surface area contributed by atoms with Crippen LogP contribution < -0.4 is 4.74 Å². The number of hydrogen-bond acceptors (Lipinski definition) is 6. The molecule has 8 nitrogen and oxygen atoms in total. The van der Waals surface area contributed by atoms with Gasteiger partial charge >= 0.3 is 0 Å². The van der Waals surface area contributed by atoms with Gasteiger partial charge in [0.15, 0.2) is 5.15 Å². The average Bonchev–Trinajstić information content (AvgIpc) is 3.26. The number of nitrogens with zero attached hydrogens (tertiary/aromatic N) is 4. The molecule has 3 aromatic rings. The third-order valence-electron chi connectivity index (χ3n) is 5.36. The smallest absolute Gasteiger partial charge is 0.295 e. The fraction of sp³-hybridized carbons (Fsp3) is 0.227. The molecule has 0 spiro atoms. The number of amides is 1. The molecular weight excluding hydrogens is 418 g/mol. The molecule has 0 saturated carbocycles. The van der Waals surface area contributed by atoms with Gasteiger partial charge in [0.1, 0.15) is 5.75 Å². The summed E-state index contributed by atoms with van der Waals surface area (Å²) >= 11 is 6.10. The summed E-state index contributed by atoms with van der Waals surface area (Å²) < 4.78 is 5.29. The van der Waals surface area contributed by atoms with E-state index in [4.69, 9.17) is 16.3 Å². The minimum Gasteiger partial charge on any atom is -0.494 e.